The smallest absolute Gasteiger partial charge is 0.338 e. The fourth-order valence-electron chi connectivity index (χ4n) is 2.09. The van der Waals surface area contributed by atoms with Crippen LogP contribution in [0.4, 0.5) is 0 Å². The first kappa shape index (κ1) is 15.2. The van der Waals surface area contributed by atoms with E-state index in [0.717, 1.165) is 10.2 Å². The lowest BCUT2D eigenvalue weighted by atomic mass is 10.2. The summed E-state index contributed by atoms with van der Waals surface area (Å²) in [6.07, 6.45) is 1.54. The molecule has 0 saturated carbocycles. The molecule has 1 N–H and O–H groups in total. The number of furan rings is 1. The first-order chi connectivity index (χ1) is 11.1. The van der Waals surface area contributed by atoms with E-state index in [1.54, 1.807) is 42.8 Å². The van der Waals surface area contributed by atoms with E-state index in [0.29, 0.717) is 11.3 Å². The molecule has 0 aliphatic rings. The molecule has 1 amide bonds. The van der Waals surface area contributed by atoms with E-state index in [2.05, 4.69) is 10.3 Å². The molecule has 3 rings (SSSR count). The molecule has 118 valence electrons. The molecule has 0 saturated heterocycles. The van der Waals surface area contributed by atoms with Gasteiger partial charge >= 0.3 is 5.97 Å². The molecule has 6 nitrogen and oxygen atoms in total. The standard InChI is InChI=1S/C16H14N2O4S/c1-10(13-3-2-6-21-13)18-15(19)8-22-16(20)11-4-5-12-14(7-11)23-9-17-12/h2-7,9-10H,8H2,1H3,(H,18,19)/t10-/m0/s1. The zero-order valence-electron chi connectivity index (χ0n) is 12.3. The number of esters is 1. The first-order valence-corrected chi connectivity index (χ1v) is 7.84. The highest BCUT2D eigenvalue weighted by Crippen LogP contribution is 2.19. The second-order valence-corrected chi connectivity index (χ2v) is 5.80. The van der Waals surface area contributed by atoms with Gasteiger partial charge in [0.1, 0.15) is 5.76 Å². The van der Waals surface area contributed by atoms with Crippen molar-refractivity contribution in [2.24, 2.45) is 0 Å². The van der Waals surface area contributed by atoms with Gasteiger partial charge in [-0.1, -0.05) is 0 Å². The number of ether oxygens (including phenoxy) is 1. The summed E-state index contributed by atoms with van der Waals surface area (Å²) in [5, 5.41) is 2.70. The highest BCUT2D eigenvalue weighted by Gasteiger charge is 2.15. The van der Waals surface area contributed by atoms with Crippen molar-refractivity contribution in [1.29, 1.82) is 0 Å². The summed E-state index contributed by atoms with van der Waals surface area (Å²) in [6, 6.07) is 8.31. The van der Waals surface area contributed by atoms with Gasteiger partial charge in [-0.15, -0.1) is 11.3 Å². The second kappa shape index (κ2) is 6.62. The van der Waals surface area contributed by atoms with Crippen molar-refractivity contribution in [3.63, 3.8) is 0 Å². The molecule has 3 aromatic rings. The van der Waals surface area contributed by atoms with Crippen molar-refractivity contribution >= 4 is 33.4 Å². The lowest BCUT2D eigenvalue weighted by Gasteiger charge is -2.11. The number of hydrogen-bond acceptors (Lipinski definition) is 6. The van der Waals surface area contributed by atoms with Gasteiger partial charge in [0, 0.05) is 0 Å². The lowest BCUT2D eigenvalue weighted by molar-refractivity contribution is -0.125. The van der Waals surface area contributed by atoms with Crippen molar-refractivity contribution in [3.05, 3.63) is 53.4 Å². The van der Waals surface area contributed by atoms with Crippen LogP contribution in [-0.4, -0.2) is 23.5 Å². The number of rotatable bonds is 5. The molecule has 7 heteroatoms. The predicted octanol–water partition coefficient (Wildman–Crippen LogP) is 2.92. The Morgan fingerprint density at radius 2 is 2.26 bits per heavy atom. The van der Waals surface area contributed by atoms with Gasteiger partial charge in [0.2, 0.25) is 0 Å². The monoisotopic (exact) mass is 330 g/mol. The summed E-state index contributed by atoms with van der Waals surface area (Å²) < 4.78 is 11.1. The maximum absolute atomic E-state index is 12.0. The summed E-state index contributed by atoms with van der Waals surface area (Å²) in [5.74, 6) is -0.289. The molecular weight excluding hydrogens is 316 g/mol. The molecule has 0 unspecified atom stereocenters. The van der Waals surface area contributed by atoms with Gasteiger partial charge < -0.3 is 14.5 Å². The highest BCUT2D eigenvalue weighted by molar-refractivity contribution is 7.16. The predicted molar refractivity (Wildman–Crippen MR) is 85.2 cm³/mol. The van der Waals surface area contributed by atoms with E-state index in [9.17, 15) is 9.59 Å². The van der Waals surface area contributed by atoms with Crippen LogP contribution in [0.15, 0.2) is 46.5 Å². The van der Waals surface area contributed by atoms with Gasteiger partial charge in [-0.05, 0) is 37.3 Å². The van der Waals surface area contributed by atoms with Crippen LogP contribution in [0.1, 0.15) is 29.1 Å². The molecule has 1 aromatic carbocycles. The largest absolute Gasteiger partial charge is 0.467 e. The van der Waals surface area contributed by atoms with E-state index >= 15 is 0 Å². The third kappa shape index (κ3) is 3.57. The van der Waals surface area contributed by atoms with E-state index in [1.807, 2.05) is 0 Å². The van der Waals surface area contributed by atoms with Gasteiger partial charge in [-0.3, -0.25) is 4.79 Å². The van der Waals surface area contributed by atoms with Crippen LogP contribution in [0.5, 0.6) is 0 Å². The van der Waals surface area contributed by atoms with Crippen LogP contribution >= 0.6 is 11.3 Å². The molecule has 0 aliphatic carbocycles. The average molecular weight is 330 g/mol. The lowest BCUT2D eigenvalue weighted by Crippen LogP contribution is -2.30. The van der Waals surface area contributed by atoms with E-state index in [1.165, 1.54) is 17.6 Å². The number of nitrogens with one attached hydrogen (secondary N) is 1. The number of carbonyl (C=O) groups excluding carboxylic acids is 2. The zero-order chi connectivity index (χ0) is 16.2. The number of amides is 1. The summed E-state index contributed by atoms with van der Waals surface area (Å²) in [6.45, 7) is 1.45. The Balaban J connectivity index is 1.54. The van der Waals surface area contributed by atoms with Crippen LogP contribution in [0.25, 0.3) is 10.2 Å². The molecule has 0 bridgehead atoms. The number of carbonyl (C=O) groups is 2. The molecule has 0 aliphatic heterocycles. The molecule has 2 aromatic heterocycles. The molecule has 0 spiro atoms. The number of thiazole rings is 1. The zero-order valence-corrected chi connectivity index (χ0v) is 13.1. The van der Waals surface area contributed by atoms with Crippen molar-refractivity contribution in [2.45, 2.75) is 13.0 Å². The van der Waals surface area contributed by atoms with Crippen molar-refractivity contribution < 1.29 is 18.7 Å². The van der Waals surface area contributed by atoms with Crippen LogP contribution in [-0.2, 0) is 9.53 Å². The summed E-state index contributed by atoms with van der Waals surface area (Å²) >= 11 is 1.44. The number of benzene rings is 1. The molecular formula is C16H14N2O4S. The third-order valence-electron chi connectivity index (χ3n) is 3.25. The SMILES string of the molecule is C[C@H](NC(=O)COC(=O)c1ccc2ncsc2c1)c1ccco1. The minimum atomic E-state index is -0.541. The molecule has 1 atom stereocenters. The van der Waals surface area contributed by atoms with Gasteiger partial charge in [-0.2, -0.15) is 0 Å². The number of fused-ring (bicyclic) bond motifs is 1. The van der Waals surface area contributed by atoms with Gasteiger partial charge in [0.15, 0.2) is 6.61 Å². The Bertz CT molecular complexity index is 826. The quantitative estimate of drug-likeness (QED) is 0.727. The van der Waals surface area contributed by atoms with E-state index in [4.69, 9.17) is 9.15 Å². The Morgan fingerprint density at radius 3 is 3.04 bits per heavy atom. The minimum Gasteiger partial charge on any atom is -0.467 e. The maximum Gasteiger partial charge on any atom is 0.338 e. The minimum absolute atomic E-state index is 0.287. The van der Waals surface area contributed by atoms with Crippen LogP contribution in [0, 0.1) is 0 Å². The van der Waals surface area contributed by atoms with Gasteiger partial charge in [0.05, 0.1) is 33.6 Å². The first-order valence-electron chi connectivity index (χ1n) is 6.96. The average Bonchev–Trinajstić information content (AvgIpc) is 3.22. The normalized spacial score (nSPS) is 12.0. The fourth-order valence-corrected chi connectivity index (χ4v) is 2.80. The number of aromatic nitrogens is 1. The second-order valence-electron chi connectivity index (χ2n) is 4.92. The summed E-state index contributed by atoms with van der Waals surface area (Å²) in [5.41, 5.74) is 2.94. The Morgan fingerprint density at radius 1 is 1.39 bits per heavy atom. The molecule has 2 heterocycles. The summed E-state index contributed by atoms with van der Waals surface area (Å²) in [7, 11) is 0. The van der Waals surface area contributed by atoms with E-state index < -0.39 is 5.97 Å². The van der Waals surface area contributed by atoms with E-state index in [-0.39, 0.29) is 18.6 Å². The van der Waals surface area contributed by atoms with Crippen LogP contribution in [0.3, 0.4) is 0 Å². The Kier molecular flexibility index (Phi) is 4.38. The molecule has 23 heavy (non-hydrogen) atoms. The maximum atomic E-state index is 12.0. The van der Waals surface area contributed by atoms with Gasteiger partial charge in [0.25, 0.3) is 5.91 Å². The van der Waals surface area contributed by atoms with Gasteiger partial charge in [-0.25, -0.2) is 9.78 Å². The van der Waals surface area contributed by atoms with Crippen LogP contribution in [0.2, 0.25) is 0 Å². The molecule has 0 fully saturated rings. The highest BCUT2D eigenvalue weighted by atomic mass is 32.1. The third-order valence-corrected chi connectivity index (χ3v) is 4.04. The Labute approximate surface area is 136 Å². The van der Waals surface area contributed by atoms with Crippen LogP contribution < -0.4 is 5.32 Å². The van der Waals surface area contributed by atoms with Crippen molar-refractivity contribution in [1.82, 2.24) is 10.3 Å². The van der Waals surface area contributed by atoms with Crippen molar-refractivity contribution in [2.75, 3.05) is 6.61 Å². The van der Waals surface area contributed by atoms with Crippen molar-refractivity contribution in [3.8, 4) is 0 Å². The number of nitrogens with zero attached hydrogens (tertiary/aromatic N) is 1. The fraction of sp³-hybridized carbons (Fsp3) is 0.188. The molecule has 0 radical (unpaired) electrons. The Hall–Kier alpha value is -2.67. The number of hydrogen-bond donors (Lipinski definition) is 1. The summed E-state index contributed by atoms with van der Waals surface area (Å²) in [4.78, 5) is 28.0. The topological polar surface area (TPSA) is 81.4 Å².